The van der Waals surface area contributed by atoms with Crippen molar-refractivity contribution in [3.63, 3.8) is 0 Å². The van der Waals surface area contributed by atoms with Crippen molar-refractivity contribution in [2.45, 2.75) is 33.1 Å². The van der Waals surface area contributed by atoms with E-state index in [9.17, 15) is 19.8 Å². The molecule has 1 aliphatic carbocycles. The van der Waals surface area contributed by atoms with E-state index in [2.05, 4.69) is 0 Å². The van der Waals surface area contributed by atoms with Gasteiger partial charge in [0.25, 0.3) is 0 Å². The predicted molar refractivity (Wildman–Crippen MR) is 110 cm³/mol. The molecular weight excluding hydrogens is 352 g/mol. The first-order valence-corrected chi connectivity index (χ1v) is 9.41. The molecule has 1 fully saturated rings. The van der Waals surface area contributed by atoms with Gasteiger partial charge < -0.3 is 10.2 Å². The monoisotopic (exact) mass is 376 g/mol. The fourth-order valence-corrected chi connectivity index (χ4v) is 3.33. The molecule has 0 radical (unpaired) electrons. The highest BCUT2D eigenvalue weighted by Crippen LogP contribution is 2.29. The Kier molecular flexibility index (Phi) is 5.78. The van der Waals surface area contributed by atoms with Gasteiger partial charge in [-0.3, -0.25) is 9.59 Å². The van der Waals surface area contributed by atoms with Gasteiger partial charge in [0.1, 0.15) is 11.5 Å². The molecule has 2 aromatic carbocycles. The van der Waals surface area contributed by atoms with Crippen LogP contribution in [0.5, 0.6) is 11.5 Å². The van der Waals surface area contributed by atoms with Crippen LogP contribution in [0.2, 0.25) is 0 Å². The van der Waals surface area contributed by atoms with Crippen molar-refractivity contribution in [1.82, 2.24) is 0 Å². The summed E-state index contributed by atoms with van der Waals surface area (Å²) < 4.78 is 0. The number of phenolic OH excluding ortho intramolecular Hbond substituents is 2. The molecular formula is C24H24O4. The van der Waals surface area contributed by atoms with Gasteiger partial charge >= 0.3 is 0 Å². The Bertz CT molecular complexity index is 982. The average molecular weight is 376 g/mol. The molecule has 2 N–H and O–H groups in total. The third kappa shape index (κ3) is 4.39. The number of hydrogen-bond donors (Lipinski definition) is 2. The Balaban J connectivity index is 1.76. The summed E-state index contributed by atoms with van der Waals surface area (Å²) >= 11 is 0. The van der Waals surface area contributed by atoms with Crippen molar-refractivity contribution >= 4 is 23.7 Å². The van der Waals surface area contributed by atoms with Crippen molar-refractivity contribution in [3.05, 3.63) is 70.3 Å². The number of hydrogen-bond acceptors (Lipinski definition) is 4. The highest BCUT2D eigenvalue weighted by Gasteiger charge is 2.30. The Morgan fingerprint density at radius 2 is 1.61 bits per heavy atom. The van der Waals surface area contributed by atoms with Crippen molar-refractivity contribution in [2.75, 3.05) is 0 Å². The van der Waals surface area contributed by atoms with E-state index < -0.39 is 5.92 Å². The van der Waals surface area contributed by atoms with E-state index in [1.165, 1.54) is 6.08 Å². The minimum absolute atomic E-state index is 0.146. The number of aromatic hydroxyl groups is 2. The second-order valence-corrected chi connectivity index (χ2v) is 7.31. The number of rotatable bonds is 4. The molecule has 1 atom stereocenters. The summed E-state index contributed by atoms with van der Waals surface area (Å²) in [5, 5.41) is 19.6. The van der Waals surface area contributed by atoms with Crippen molar-refractivity contribution in [3.8, 4) is 11.5 Å². The first-order valence-electron chi connectivity index (χ1n) is 9.41. The smallest absolute Gasteiger partial charge is 0.169 e. The molecule has 0 saturated heterocycles. The third-order valence-corrected chi connectivity index (χ3v) is 5.16. The molecule has 0 aromatic heterocycles. The second-order valence-electron chi connectivity index (χ2n) is 7.31. The molecule has 1 saturated carbocycles. The van der Waals surface area contributed by atoms with Crippen LogP contribution in [0.15, 0.2) is 48.0 Å². The lowest BCUT2D eigenvalue weighted by Crippen LogP contribution is -2.27. The van der Waals surface area contributed by atoms with Gasteiger partial charge in [-0.1, -0.05) is 30.3 Å². The summed E-state index contributed by atoms with van der Waals surface area (Å²) in [6, 6.07) is 10.5. The van der Waals surface area contributed by atoms with Gasteiger partial charge in [-0.2, -0.15) is 0 Å². The zero-order valence-electron chi connectivity index (χ0n) is 16.1. The van der Waals surface area contributed by atoms with E-state index in [1.54, 1.807) is 43.3 Å². The molecule has 1 unspecified atom stereocenters. The number of ketones is 2. The largest absolute Gasteiger partial charge is 0.508 e. The molecule has 0 amide bonds. The van der Waals surface area contributed by atoms with Gasteiger partial charge in [0.2, 0.25) is 0 Å². The third-order valence-electron chi connectivity index (χ3n) is 5.16. The van der Waals surface area contributed by atoms with E-state index >= 15 is 0 Å². The van der Waals surface area contributed by atoms with Crippen LogP contribution in [0.1, 0.15) is 41.5 Å². The highest BCUT2D eigenvalue weighted by atomic mass is 16.3. The number of aryl methyl sites for hydroxylation is 2. The van der Waals surface area contributed by atoms with Crippen LogP contribution >= 0.6 is 0 Å². The number of carbonyl (C=O) groups excluding carboxylic acids is 2. The van der Waals surface area contributed by atoms with Crippen LogP contribution in [-0.2, 0) is 9.59 Å². The zero-order chi connectivity index (χ0) is 20.3. The molecule has 0 heterocycles. The minimum atomic E-state index is -0.672. The lowest BCUT2D eigenvalue weighted by molar-refractivity contribution is -0.129. The topological polar surface area (TPSA) is 74.6 Å². The highest BCUT2D eigenvalue weighted by molar-refractivity contribution is 6.16. The number of carbonyl (C=O) groups is 2. The van der Waals surface area contributed by atoms with Gasteiger partial charge in [-0.25, -0.2) is 0 Å². The predicted octanol–water partition coefficient (Wildman–Crippen LogP) is 4.75. The number of benzene rings is 2. The van der Waals surface area contributed by atoms with Crippen LogP contribution in [-0.4, -0.2) is 21.8 Å². The maximum atomic E-state index is 12.8. The van der Waals surface area contributed by atoms with Gasteiger partial charge in [0, 0.05) is 0 Å². The molecule has 28 heavy (non-hydrogen) atoms. The Morgan fingerprint density at radius 3 is 2.25 bits per heavy atom. The fourth-order valence-electron chi connectivity index (χ4n) is 3.33. The summed E-state index contributed by atoms with van der Waals surface area (Å²) in [6.07, 6.45) is 6.76. The van der Waals surface area contributed by atoms with Gasteiger partial charge in [0.15, 0.2) is 11.6 Å². The lowest BCUT2D eigenvalue weighted by atomic mass is 9.81. The van der Waals surface area contributed by atoms with Crippen LogP contribution < -0.4 is 0 Å². The molecule has 2 aromatic rings. The molecule has 0 aliphatic heterocycles. The summed E-state index contributed by atoms with van der Waals surface area (Å²) in [5.41, 5.74) is 3.63. The average Bonchev–Trinajstić information content (AvgIpc) is 2.67. The van der Waals surface area contributed by atoms with E-state index in [4.69, 9.17) is 0 Å². The molecule has 4 heteroatoms. The van der Waals surface area contributed by atoms with E-state index in [0.29, 0.717) is 24.0 Å². The van der Waals surface area contributed by atoms with Gasteiger partial charge in [-0.15, -0.1) is 0 Å². The van der Waals surface area contributed by atoms with Gasteiger partial charge in [0.05, 0.1) is 5.92 Å². The minimum Gasteiger partial charge on any atom is -0.508 e. The maximum Gasteiger partial charge on any atom is 0.169 e. The van der Waals surface area contributed by atoms with Crippen molar-refractivity contribution in [1.29, 1.82) is 0 Å². The van der Waals surface area contributed by atoms with Crippen LogP contribution in [0.25, 0.3) is 12.2 Å². The quantitative estimate of drug-likeness (QED) is 0.596. The number of Topliss-reactive ketones (excluding diaryl/α,β-unsaturated/α-hetero) is 1. The summed E-state index contributed by atoms with van der Waals surface area (Å²) in [7, 11) is 0. The SMILES string of the molecule is Cc1ccc(/C=C/C(=O)C2CCC/C(=C\c3ccc(C)c(O)c3)C2=O)cc1O. The van der Waals surface area contributed by atoms with E-state index in [1.807, 2.05) is 19.1 Å². The first kappa shape index (κ1) is 19.6. The molecule has 0 bridgehead atoms. The number of phenols is 2. The summed E-state index contributed by atoms with van der Waals surface area (Å²) in [5.74, 6) is -0.672. The number of allylic oxidation sites excluding steroid dienone is 2. The standard InChI is InChI=1S/C24H24O4/c1-15-6-8-17(13-22(15)26)10-11-21(25)20-5-3-4-19(24(20)28)12-18-9-7-16(2)23(27)14-18/h6-14,20,26-27H,3-5H2,1-2H3/b11-10+,19-12+. The van der Waals surface area contributed by atoms with Crippen LogP contribution in [0, 0.1) is 19.8 Å². The first-order chi connectivity index (χ1) is 13.3. The Labute approximate surface area is 164 Å². The van der Waals surface area contributed by atoms with E-state index in [-0.39, 0.29) is 23.1 Å². The van der Waals surface area contributed by atoms with Crippen LogP contribution in [0.3, 0.4) is 0 Å². The molecule has 144 valence electrons. The molecule has 1 aliphatic rings. The second kappa shape index (κ2) is 8.26. The van der Waals surface area contributed by atoms with E-state index in [0.717, 1.165) is 23.1 Å². The molecule has 3 rings (SSSR count). The van der Waals surface area contributed by atoms with Crippen molar-refractivity contribution in [2.24, 2.45) is 5.92 Å². The zero-order valence-corrected chi connectivity index (χ0v) is 16.1. The Morgan fingerprint density at radius 1 is 1.00 bits per heavy atom. The van der Waals surface area contributed by atoms with Crippen molar-refractivity contribution < 1.29 is 19.8 Å². The Hall–Kier alpha value is -3.14. The van der Waals surface area contributed by atoms with Crippen LogP contribution in [0.4, 0.5) is 0 Å². The maximum absolute atomic E-state index is 12.8. The summed E-state index contributed by atoms with van der Waals surface area (Å²) in [6.45, 7) is 3.61. The van der Waals surface area contributed by atoms with Gasteiger partial charge in [-0.05, 0) is 85.2 Å². The lowest BCUT2D eigenvalue weighted by Gasteiger charge is -2.21. The molecule has 0 spiro atoms. The summed E-state index contributed by atoms with van der Waals surface area (Å²) in [4.78, 5) is 25.4. The molecule has 4 nitrogen and oxygen atoms in total. The normalized spacial score (nSPS) is 18.7. The fraction of sp³-hybridized carbons (Fsp3) is 0.250.